The van der Waals surface area contributed by atoms with E-state index in [2.05, 4.69) is 70.9 Å². The lowest BCUT2D eigenvalue weighted by Gasteiger charge is -2.62. The Kier molecular flexibility index (Phi) is 5.42. The first-order chi connectivity index (χ1) is 17.0. The van der Waals surface area contributed by atoms with Crippen LogP contribution in [0.4, 0.5) is 0 Å². The van der Waals surface area contributed by atoms with Crippen molar-refractivity contribution in [2.75, 3.05) is 13.1 Å². The fourth-order valence-corrected chi connectivity index (χ4v) is 7.65. The third-order valence-corrected chi connectivity index (χ3v) is 8.94. The van der Waals surface area contributed by atoms with E-state index in [0.29, 0.717) is 5.92 Å². The monoisotopic (exact) mass is 467 g/mol. The zero-order valence-electron chi connectivity index (χ0n) is 19.9. The number of nitrogens with one attached hydrogen (secondary N) is 1. The van der Waals surface area contributed by atoms with Crippen LogP contribution in [0.25, 0.3) is 0 Å². The third-order valence-electron chi connectivity index (χ3n) is 8.94. The first kappa shape index (κ1) is 22.3. The molecule has 4 atom stereocenters. The van der Waals surface area contributed by atoms with E-state index in [-0.39, 0.29) is 29.0 Å². The molecule has 7 rings (SSSR count). The van der Waals surface area contributed by atoms with Crippen LogP contribution in [-0.2, 0) is 24.2 Å². The highest BCUT2D eigenvalue weighted by Crippen LogP contribution is 2.60. The van der Waals surface area contributed by atoms with E-state index < -0.39 is 5.54 Å². The Labute approximate surface area is 207 Å². The number of carbonyl (C=O) groups is 1. The minimum atomic E-state index is -0.727. The highest BCUT2D eigenvalue weighted by Gasteiger charge is 2.72. The van der Waals surface area contributed by atoms with E-state index in [9.17, 15) is 9.90 Å². The van der Waals surface area contributed by atoms with Crippen LogP contribution in [0.2, 0.25) is 0 Å². The van der Waals surface area contributed by atoms with Crippen molar-refractivity contribution in [3.63, 3.8) is 0 Å². The molecule has 5 heteroatoms. The van der Waals surface area contributed by atoms with Gasteiger partial charge >= 0.3 is 0 Å². The Morgan fingerprint density at radius 2 is 1.49 bits per heavy atom. The van der Waals surface area contributed by atoms with Gasteiger partial charge in [-0.15, -0.1) is 0 Å². The summed E-state index contributed by atoms with van der Waals surface area (Å²) in [4.78, 5) is 15.8. The number of phenolic OH excluding ortho intramolecular Hbond substituents is 1. The van der Waals surface area contributed by atoms with Gasteiger partial charge in [-0.05, 0) is 60.5 Å². The predicted molar refractivity (Wildman–Crippen MR) is 137 cm³/mol. The molecular formula is C30H33N3O2. The molecule has 180 valence electrons. The number of hydrogen-bond donors (Lipinski definition) is 3. The molecule has 3 aromatic carbocycles. The summed E-state index contributed by atoms with van der Waals surface area (Å²) in [5, 5.41) is 13.5. The van der Waals surface area contributed by atoms with Crippen molar-refractivity contribution in [3.8, 4) is 5.75 Å². The molecule has 0 aromatic heterocycles. The molecule has 5 nitrogen and oxygen atoms in total. The van der Waals surface area contributed by atoms with Gasteiger partial charge in [0.2, 0.25) is 5.91 Å². The normalized spacial score (nSPS) is 28.7. The standard InChI is InChI=1S/C30H33N3O2/c31-28(35)30-25-15-24(18-32-30)29(16-21-7-3-1-4-8-21,17-22-9-5-2-6-10-22)27(30)33(20-25)19-23-11-13-26(34)14-12-23/h1-14,24-25,27,32,34H,15-20H2,(H2,31,35). The Hall–Kier alpha value is -3.15. The number of piperidine rings is 2. The van der Waals surface area contributed by atoms with Gasteiger partial charge in [0, 0.05) is 30.5 Å². The minimum Gasteiger partial charge on any atom is -0.508 e. The Morgan fingerprint density at radius 1 is 0.886 bits per heavy atom. The number of amides is 1. The largest absolute Gasteiger partial charge is 0.508 e. The summed E-state index contributed by atoms with van der Waals surface area (Å²) in [6, 6.07) is 28.9. The van der Waals surface area contributed by atoms with Crippen LogP contribution in [0.3, 0.4) is 0 Å². The van der Waals surface area contributed by atoms with E-state index in [1.807, 2.05) is 12.1 Å². The summed E-state index contributed by atoms with van der Waals surface area (Å²) in [5.74, 6) is 0.708. The summed E-state index contributed by atoms with van der Waals surface area (Å²) < 4.78 is 0. The quantitative estimate of drug-likeness (QED) is 0.497. The molecule has 4 unspecified atom stereocenters. The zero-order valence-corrected chi connectivity index (χ0v) is 19.9. The number of phenols is 1. The van der Waals surface area contributed by atoms with Gasteiger partial charge in [-0.1, -0.05) is 72.8 Å². The minimum absolute atomic E-state index is 0.0146. The maximum atomic E-state index is 13.3. The van der Waals surface area contributed by atoms with Crippen LogP contribution in [0, 0.1) is 17.3 Å². The van der Waals surface area contributed by atoms with Crippen molar-refractivity contribution >= 4 is 5.91 Å². The smallest absolute Gasteiger partial charge is 0.239 e. The van der Waals surface area contributed by atoms with Gasteiger partial charge in [0.25, 0.3) is 0 Å². The molecule has 0 radical (unpaired) electrons. The summed E-state index contributed by atoms with van der Waals surface area (Å²) in [6.07, 6.45) is 2.83. The van der Waals surface area contributed by atoms with Gasteiger partial charge in [-0.25, -0.2) is 0 Å². The average molecular weight is 468 g/mol. The van der Waals surface area contributed by atoms with Gasteiger partial charge < -0.3 is 16.2 Å². The van der Waals surface area contributed by atoms with Crippen molar-refractivity contribution in [1.82, 2.24) is 10.2 Å². The van der Waals surface area contributed by atoms with Crippen LogP contribution < -0.4 is 11.1 Å². The molecule has 4 aliphatic rings. The molecule has 4 bridgehead atoms. The van der Waals surface area contributed by atoms with E-state index in [1.54, 1.807) is 12.1 Å². The molecule has 3 aliphatic heterocycles. The van der Waals surface area contributed by atoms with Gasteiger partial charge in [0.05, 0.1) is 0 Å². The molecule has 4 fully saturated rings. The van der Waals surface area contributed by atoms with Crippen LogP contribution in [0.1, 0.15) is 23.1 Å². The number of fused-ring (bicyclic) bond motifs is 1. The van der Waals surface area contributed by atoms with Crippen LogP contribution in [-0.4, -0.2) is 40.6 Å². The van der Waals surface area contributed by atoms with Crippen molar-refractivity contribution in [2.45, 2.75) is 37.4 Å². The number of carbonyl (C=O) groups excluding carboxylic acids is 1. The maximum Gasteiger partial charge on any atom is 0.239 e. The number of likely N-dealkylation sites (tertiary alicyclic amines) is 1. The first-order valence-electron chi connectivity index (χ1n) is 12.7. The first-order valence-corrected chi connectivity index (χ1v) is 12.7. The maximum absolute atomic E-state index is 13.3. The number of benzene rings is 3. The predicted octanol–water partition coefficient (Wildman–Crippen LogP) is 3.51. The van der Waals surface area contributed by atoms with Crippen LogP contribution in [0.5, 0.6) is 5.75 Å². The number of nitrogens with two attached hydrogens (primary N) is 1. The number of nitrogens with zero attached hydrogens (tertiary/aromatic N) is 1. The van der Waals surface area contributed by atoms with E-state index >= 15 is 0 Å². The SMILES string of the molecule is NC(=O)C12NCC3CC1CN(Cc1ccc(O)cc1)C2C3(Cc1ccccc1)Cc1ccccc1. The van der Waals surface area contributed by atoms with Gasteiger partial charge in [0.15, 0.2) is 0 Å². The highest BCUT2D eigenvalue weighted by molar-refractivity contribution is 5.87. The summed E-state index contributed by atoms with van der Waals surface area (Å²) in [5.41, 5.74) is 9.18. The summed E-state index contributed by atoms with van der Waals surface area (Å²) in [7, 11) is 0. The third kappa shape index (κ3) is 3.57. The van der Waals surface area contributed by atoms with Crippen molar-refractivity contribution in [1.29, 1.82) is 0 Å². The van der Waals surface area contributed by atoms with Gasteiger partial charge in [-0.2, -0.15) is 0 Å². The van der Waals surface area contributed by atoms with E-state index in [0.717, 1.165) is 44.5 Å². The second-order valence-corrected chi connectivity index (χ2v) is 10.8. The van der Waals surface area contributed by atoms with E-state index in [1.165, 1.54) is 11.1 Å². The molecule has 1 saturated carbocycles. The molecule has 3 aromatic rings. The second-order valence-electron chi connectivity index (χ2n) is 10.8. The molecule has 1 aliphatic carbocycles. The molecule has 35 heavy (non-hydrogen) atoms. The van der Waals surface area contributed by atoms with Gasteiger partial charge in [-0.3, -0.25) is 9.69 Å². The fraction of sp³-hybridized carbons (Fsp3) is 0.367. The molecule has 3 heterocycles. The number of primary amides is 1. The molecule has 3 saturated heterocycles. The summed E-state index contributed by atoms with van der Waals surface area (Å²) >= 11 is 0. The lowest BCUT2D eigenvalue weighted by atomic mass is 9.49. The van der Waals surface area contributed by atoms with Crippen molar-refractivity contribution in [2.24, 2.45) is 23.0 Å². The van der Waals surface area contributed by atoms with Crippen LogP contribution in [0.15, 0.2) is 84.9 Å². The van der Waals surface area contributed by atoms with Crippen molar-refractivity contribution < 1.29 is 9.90 Å². The lowest BCUT2D eigenvalue weighted by Crippen LogP contribution is -2.79. The van der Waals surface area contributed by atoms with E-state index in [4.69, 9.17) is 5.73 Å². The summed E-state index contributed by atoms with van der Waals surface area (Å²) in [6.45, 7) is 2.40. The fourth-order valence-electron chi connectivity index (χ4n) is 7.65. The zero-order chi connectivity index (χ0) is 24.0. The number of hydrogen-bond acceptors (Lipinski definition) is 4. The lowest BCUT2D eigenvalue weighted by molar-refractivity contribution is -0.144. The number of aromatic hydroxyl groups is 1. The second kappa shape index (κ2) is 8.51. The molecule has 0 spiro atoms. The van der Waals surface area contributed by atoms with Gasteiger partial charge in [0.1, 0.15) is 11.3 Å². The molecular weight excluding hydrogens is 434 g/mol. The van der Waals surface area contributed by atoms with Crippen LogP contribution >= 0.6 is 0 Å². The topological polar surface area (TPSA) is 78.6 Å². The Balaban J connectivity index is 1.48. The molecule has 4 N–H and O–H groups in total. The number of rotatable bonds is 7. The van der Waals surface area contributed by atoms with Crippen molar-refractivity contribution in [3.05, 3.63) is 102 Å². The highest BCUT2D eigenvalue weighted by atomic mass is 16.3. The Bertz CT molecular complexity index is 1160. The Morgan fingerprint density at radius 3 is 2.06 bits per heavy atom. The molecule has 1 amide bonds. The average Bonchev–Trinajstić information content (AvgIpc) is 3.16.